The summed E-state index contributed by atoms with van der Waals surface area (Å²) in [6.45, 7) is 8.80. The van der Waals surface area contributed by atoms with E-state index < -0.39 is 5.41 Å². The molecule has 0 radical (unpaired) electrons. The second kappa shape index (κ2) is 9.55. The van der Waals surface area contributed by atoms with Crippen molar-refractivity contribution >= 4 is 34.0 Å². The van der Waals surface area contributed by atoms with E-state index in [1.54, 1.807) is 18.3 Å². The Morgan fingerprint density at radius 1 is 1.12 bits per heavy atom. The Bertz CT molecular complexity index is 1210. The molecule has 2 aromatic carbocycles. The van der Waals surface area contributed by atoms with Gasteiger partial charge in [0.15, 0.2) is 5.78 Å². The topological polar surface area (TPSA) is 56.7 Å². The first-order valence-electron chi connectivity index (χ1n) is 11.9. The van der Waals surface area contributed by atoms with Gasteiger partial charge in [-0.25, -0.2) is 0 Å². The standard InChI is InChI=1S/C28H34ClN3O2/c1-28(2,3)27(34)22-16-30-24-8-6-19(20-7-9-25(33)23(29)15-20)14-21(24)26(22)32-12-10-18(11-13-32)17-31(4)5/h6-9,14-16,18,33H,10-13,17H2,1-5H3. The lowest BCUT2D eigenvalue weighted by molar-refractivity contribution is 0.0858. The van der Waals surface area contributed by atoms with Gasteiger partial charge in [0, 0.05) is 36.6 Å². The van der Waals surface area contributed by atoms with Crippen LogP contribution in [-0.4, -0.2) is 54.5 Å². The van der Waals surface area contributed by atoms with Gasteiger partial charge in [-0.05, 0) is 68.2 Å². The molecule has 1 saturated heterocycles. The molecule has 5 nitrogen and oxygen atoms in total. The summed E-state index contributed by atoms with van der Waals surface area (Å²) in [6, 6.07) is 11.3. The molecule has 1 aromatic heterocycles. The number of ketones is 1. The van der Waals surface area contributed by atoms with Gasteiger partial charge >= 0.3 is 0 Å². The second-order valence-electron chi connectivity index (χ2n) is 10.7. The number of piperidine rings is 1. The minimum Gasteiger partial charge on any atom is -0.506 e. The molecular formula is C28H34ClN3O2. The molecule has 0 aliphatic carbocycles. The molecule has 0 atom stereocenters. The Kier molecular flexibility index (Phi) is 6.88. The predicted molar refractivity (Wildman–Crippen MR) is 141 cm³/mol. The zero-order valence-corrected chi connectivity index (χ0v) is 21.5. The van der Waals surface area contributed by atoms with Crippen molar-refractivity contribution in [3.8, 4) is 16.9 Å². The molecule has 6 heteroatoms. The van der Waals surface area contributed by atoms with Crippen molar-refractivity contribution in [3.05, 3.63) is 53.2 Å². The van der Waals surface area contributed by atoms with Crippen molar-refractivity contribution in [1.82, 2.24) is 9.88 Å². The van der Waals surface area contributed by atoms with E-state index in [0.29, 0.717) is 16.5 Å². The number of hydrogen-bond donors (Lipinski definition) is 1. The number of hydrogen-bond acceptors (Lipinski definition) is 5. The quantitative estimate of drug-likeness (QED) is 0.437. The number of phenolic OH excluding ortho intramolecular Hbond substituents is 1. The first-order valence-corrected chi connectivity index (χ1v) is 12.3. The van der Waals surface area contributed by atoms with Crippen LogP contribution in [0.3, 0.4) is 0 Å². The molecule has 4 rings (SSSR count). The van der Waals surface area contributed by atoms with Crippen molar-refractivity contribution in [2.45, 2.75) is 33.6 Å². The molecule has 0 amide bonds. The number of fused-ring (bicyclic) bond motifs is 1. The maximum Gasteiger partial charge on any atom is 0.171 e. The minimum absolute atomic E-state index is 0.0622. The van der Waals surface area contributed by atoms with Gasteiger partial charge in [0.1, 0.15) is 5.75 Å². The number of aromatic hydroxyl groups is 1. The van der Waals surface area contributed by atoms with E-state index in [1.807, 2.05) is 39.0 Å². The summed E-state index contributed by atoms with van der Waals surface area (Å²) >= 11 is 6.18. The number of carbonyl (C=O) groups excluding carboxylic acids is 1. The number of benzene rings is 2. The van der Waals surface area contributed by atoms with Crippen LogP contribution < -0.4 is 4.90 Å². The summed E-state index contributed by atoms with van der Waals surface area (Å²) in [4.78, 5) is 22.8. The number of nitrogens with zero attached hydrogens (tertiary/aromatic N) is 3. The number of carbonyl (C=O) groups is 1. The molecule has 34 heavy (non-hydrogen) atoms. The van der Waals surface area contributed by atoms with Crippen LogP contribution in [-0.2, 0) is 0 Å². The lowest BCUT2D eigenvalue weighted by atomic mass is 9.85. The first kappa shape index (κ1) is 24.5. The van der Waals surface area contributed by atoms with E-state index in [0.717, 1.165) is 60.2 Å². The summed E-state index contributed by atoms with van der Waals surface area (Å²) in [5, 5.41) is 11.1. The third-order valence-corrected chi connectivity index (χ3v) is 6.90. The van der Waals surface area contributed by atoms with Crippen LogP contribution in [0.25, 0.3) is 22.0 Å². The van der Waals surface area contributed by atoms with Crippen LogP contribution in [0.5, 0.6) is 5.75 Å². The van der Waals surface area contributed by atoms with Gasteiger partial charge in [-0.2, -0.15) is 0 Å². The molecule has 0 spiro atoms. The fourth-order valence-electron chi connectivity index (χ4n) is 4.81. The summed E-state index contributed by atoms with van der Waals surface area (Å²) < 4.78 is 0. The molecule has 180 valence electrons. The Morgan fingerprint density at radius 2 is 1.76 bits per heavy atom. The second-order valence-corrected chi connectivity index (χ2v) is 11.1. The number of pyridine rings is 1. The highest BCUT2D eigenvalue weighted by atomic mass is 35.5. The average molecular weight is 480 g/mol. The highest BCUT2D eigenvalue weighted by molar-refractivity contribution is 6.32. The Labute approximate surface area is 207 Å². The highest BCUT2D eigenvalue weighted by Crippen LogP contribution is 2.38. The summed E-state index contributed by atoms with van der Waals surface area (Å²) in [5.74, 6) is 0.827. The smallest absolute Gasteiger partial charge is 0.171 e. The SMILES string of the molecule is CN(C)CC1CCN(c2c(C(=O)C(C)(C)C)cnc3ccc(-c4ccc(O)c(Cl)c4)cc23)CC1. The molecule has 3 aromatic rings. The number of Topliss-reactive ketones (excluding diaryl/α,β-unsaturated/α-hetero) is 1. The van der Waals surface area contributed by atoms with E-state index in [9.17, 15) is 9.90 Å². The van der Waals surface area contributed by atoms with Gasteiger partial charge in [-0.15, -0.1) is 0 Å². The third kappa shape index (κ3) is 5.06. The van der Waals surface area contributed by atoms with E-state index in [1.165, 1.54) is 0 Å². The lowest BCUT2D eigenvalue weighted by Crippen LogP contribution is -2.38. The molecule has 2 heterocycles. The van der Waals surface area contributed by atoms with E-state index in [-0.39, 0.29) is 11.5 Å². The van der Waals surface area contributed by atoms with Gasteiger partial charge in [-0.1, -0.05) is 44.5 Å². The molecule has 1 N–H and O–H groups in total. The summed E-state index contributed by atoms with van der Waals surface area (Å²) in [6.07, 6.45) is 3.95. The monoisotopic (exact) mass is 479 g/mol. The molecule has 0 saturated carbocycles. The number of anilines is 1. The largest absolute Gasteiger partial charge is 0.506 e. The van der Waals surface area contributed by atoms with Gasteiger partial charge in [0.25, 0.3) is 0 Å². The fourth-order valence-corrected chi connectivity index (χ4v) is 4.99. The fraction of sp³-hybridized carbons (Fsp3) is 0.429. The minimum atomic E-state index is -0.505. The molecule has 0 unspecified atom stereocenters. The van der Waals surface area contributed by atoms with Crippen molar-refractivity contribution in [2.24, 2.45) is 11.3 Å². The van der Waals surface area contributed by atoms with Crippen LogP contribution in [0.15, 0.2) is 42.6 Å². The third-order valence-electron chi connectivity index (χ3n) is 6.60. The molecular weight excluding hydrogens is 446 g/mol. The van der Waals surface area contributed by atoms with Crippen LogP contribution >= 0.6 is 11.6 Å². The predicted octanol–water partition coefficient (Wildman–Crippen LogP) is 6.27. The summed E-state index contributed by atoms with van der Waals surface area (Å²) in [7, 11) is 4.25. The van der Waals surface area contributed by atoms with Gasteiger partial charge in [0.05, 0.1) is 21.8 Å². The van der Waals surface area contributed by atoms with Gasteiger partial charge in [0.2, 0.25) is 0 Å². The van der Waals surface area contributed by atoms with Crippen LogP contribution in [0.2, 0.25) is 5.02 Å². The van der Waals surface area contributed by atoms with E-state index >= 15 is 0 Å². The number of phenols is 1. The Morgan fingerprint density at radius 3 is 2.38 bits per heavy atom. The van der Waals surface area contributed by atoms with Crippen LogP contribution in [0.1, 0.15) is 44.0 Å². The van der Waals surface area contributed by atoms with Crippen molar-refractivity contribution < 1.29 is 9.90 Å². The number of aromatic nitrogens is 1. The Hall–Kier alpha value is -2.63. The molecule has 1 fully saturated rings. The maximum absolute atomic E-state index is 13.5. The zero-order valence-electron chi connectivity index (χ0n) is 20.7. The van der Waals surface area contributed by atoms with E-state index in [4.69, 9.17) is 11.6 Å². The van der Waals surface area contributed by atoms with Gasteiger partial charge in [-0.3, -0.25) is 9.78 Å². The molecule has 1 aliphatic rings. The van der Waals surface area contributed by atoms with Crippen molar-refractivity contribution in [2.75, 3.05) is 38.6 Å². The highest BCUT2D eigenvalue weighted by Gasteiger charge is 2.30. The summed E-state index contributed by atoms with van der Waals surface area (Å²) in [5.41, 5.74) is 3.92. The Balaban J connectivity index is 1.83. The van der Waals surface area contributed by atoms with Crippen molar-refractivity contribution in [1.29, 1.82) is 0 Å². The van der Waals surface area contributed by atoms with E-state index in [2.05, 4.69) is 34.9 Å². The molecule has 0 bridgehead atoms. The van der Waals surface area contributed by atoms with Gasteiger partial charge < -0.3 is 14.9 Å². The first-order chi connectivity index (χ1) is 16.0. The number of rotatable bonds is 5. The van der Waals surface area contributed by atoms with Crippen molar-refractivity contribution in [3.63, 3.8) is 0 Å². The number of halogens is 1. The van der Waals surface area contributed by atoms with Crippen LogP contribution in [0, 0.1) is 11.3 Å². The molecule has 1 aliphatic heterocycles. The average Bonchev–Trinajstić information content (AvgIpc) is 2.79. The van der Waals surface area contributed by atoms with Crippen LogP contribution in [0.4, 0.5) is 5.69 Å². The normalized spacial score (nSPS) is 15.3. The maximum atomic E-state index is 13.5. The lowest BCUT2D eigenvalue weighted by Gasteiger charge is -2.36. The zero-order chi connectivity index (χ0) is 24.6.